The number of nitrogens with one attached hydrogen (secondary N) is 2. The number of halogens is 4. The van der Waals surface area contributed by atoms with Crippen LogP contribution in [-0.2, 0) is 30.5 Å². The molecule has 1 atom stereocenters. The summed E-state index contributed by atoms with van der Waals surface area (Å²) in [6.07, 6.45) is -1.62. The molecule has 2 N–H and O–H groups in total. The van der Waals surface area contributed by atoms with Crippen molar-refractivity contribution in [1.29, 1.82) is 0 Å². The highest BCUT2D eigenvalue weighted by Gasteiger charge is 2.34. The van der Waals surface area contributed by atoms with Gasteiger partial charge in [-0.15, -0.1) is 0 Å². The maximum absolute atomic E-state index is 13.4. The lowest BCUT2D eigenvalue weighted by molar-refractivity contribution is -0.137. The summed E-state index contributed by atoms with van der Waals surface area (Å²) < 4.78 is 78.5. The second-order valence-electron chi connectivity index (χ2n) is 9.58. The number of hydrogen-bond acceptors (Lipinski definition) is 7. The van der Waals surface area contributed by atoms with Crippen molar-refractivity contribution in [2.45, 2.75) is 30.0 Å². The molecule has 1 fully saturated rings. The second kappa shape index (κ2) is 14.6. The quantitative estimate of drug-likeness (QED) is 0.221. The normalized spacial score (nSPS) is 15.2. The molecule has 0 saturated carbocycles. The number of carbonyl (C=O) groups is 2. The Morgan fingerprint density at radius 2 is 1.80 bits per heavy atom. The molecule has 0 radical (unpaired) electrons. The molecule has 4 rings (SSSR count). The van der Waals surface area contributed by atoms with Gasteiger partial charge in [0.15, 0.2) is 6.61 Å². The van der Waals surface area contributed by atoms with E-state index in [-0.39, 0.29) is 28.5 Å². The van der Waals surface area contributed by atoms with E-state index in [0.717, 1.165) is 18.9 Å². The first-order chi connectivity index (χ1) is 20.9. The van der Waals surface area contributed by atoms with Crippen LogP contribution >= 0.6 is 11.6 Å². The zero-order valence-electron chi connectivity index (χ0n) is 23.1. The first kappa shape index (κ1) is 32.8. The predicted octanol–water partition coefficient (Wildman–Crippen LogP) is 4.38. The minimum absolute atomic E-state index is 0.0210. The van der Waals surface area contributed by atoms with Crippen LogP contribution in [0.3, 0.4) is 0 Å². The van der Waals surface area contributed by atoms with Gasteiger partial charge in [-0.1, -0.05) is 29.8 Å². The molecule has 10 nitrogen and oxygen atoms in total. The maximum atomic E-state index is 13.4. The average Bonchev–Trinajstić information content (AvgIpc) is 3.52. The fourth-order valence-corrected chi connectivity index (χ4v) is 5.85. The molecule has 234 valence electrons. The number of ether oxygens (including phenoxy) is 2. The minimum atomic E-state index is -4.79. The van der Waals surface area contributed by atoms with Crippen molar-refractivity contribution < 1.29 is 40.7 Å². The zero-order valence-corrected chi connectivity index (χ0v) is 24.7. The predicted molar refractivity (Wildman–Crippen MR) is 157 cm³/mol. The van der Waals surface area contributed by atoms with Crippen LogP contribution in [0, 0.1) is 0 Å². The van der Waals surface area contributed by atoms with Gasteiger partial charge in [-0.25, -0.2) is 13.8 Å². The Kier molecular flexibility index (Phi) is 10.8. The highest BCUT2D eigenvalue weighted by molar-refractivity contribution is 7.92. The van der Waals surface area contributed by atoms with Crippen molar-refractivity contribution in [3.63, 3.8) is 0 Å². The summed E-state index contributed by atoms with van der Waals surface area (Å²) in [6.45, 7) is 0.0116. The number of carbonyl (C=O) groups excluding carboxylic acids is 2. The summed E-state index contributed by atoms with van der Waals surface area (Å²) in [7, 11) is -4.52. The van der Waals surface area contributed by atoms with Crippen LogP contribution in [-0.4, -0.2) is 58.9 Å². The fourth-order valence-electron chi connectivity index (χ4n) is 4.13. The Hall–Kier alpha value is -4.14. The number of alkyl halides is 3. The summed E-state index contributed by atoms with van der Waals surface area (Å²) >= 11 is 6.13. The molecule has 1 aliphatic rings. The fraction of sp³-hybridized carbons (Fsp3) is 0.276. The lowest BCUT2D eigenvalue weighted by Crippen LogP contribution is -2.40. The molecule has 1 aliphatic heterocycles. The average molecular weight is 653 g/mol. The first-order valence-corrected chi connectivity index (χ1v) is 15.1. The molecule has 1 heterocycles. The van der Waals surface area contributed by atoms with E-state index in [4.69, 9.17) is 21.1 Å². The Labute approximate surface area is 256 Å². The maximum Gasteiger partial charge on any atom is 0.416 e. The van der Waals surface area contributed by atoms with Gasteiger partial charge in [-0.2, -0.15) is 18.3 Å². The van der Waals surface area contributed by atoms with Crippen molar-refractivity contribution in [2.75, 3.05) is 30.6 Å². The van der Waals surface area contributed by atoms with Gasteiger partial charge in [0, 0.05) is 13.2 Å². The van der Waals surface area contributed by atoms with Crippen LogP contribution in [0.25, 0.3) is 0 Å². The zero-order chi connectivity index (χ0) is 31.7. The van der Waals surface area contributed by atoms with Gasteiger partial charge in [0.25, 0.3) is 21.8 Å². The van der Waals surface area contributed by atoms with E-state index < -0.39 is 39.9 Å². The van der Waals surface area contributed by atoms with Crippen molar-refractivity contribution in [3.05, 3.63) is 88.9 Å². The highest BCUT2D eigenvalue weighted by Crippen LogP contribution is 2.37. The molecule has 0 aliphatic carbocycles. The Bertz CT molecular complexity index is 1580. The van der Waals surface area contributed by atoms with E-state index >= 15 is 0 Å². The number of nitrogens with zero attached hydrogens (tertiary/aromatic N) is 2. The third-order valence-electron chi connectivity index (χ3n) is 6.36. The molecule has 3 aromatic rings. The lowest BCUT2D eigenvalue weighted by atomic mass is 10.2. The summed E-state index contributed by atoms with van der Waals surface area (Å²) in [5.41, 5.74) is 1.03. The molecule has 0 spiro atoms. The molecule has 3 aromatic carbocycles. The van der Waals surface area contributed by atoms with E-state index in [1.165, 1.54) is 30.5 Å². The van der Waals surface area contributed by atoms with Crippen LogP contribution in [0.5, 0.6) is 5.75 Å². The first-order valence-electron chi connectivity index (χ1n) is 13.3. The van der Waals surface area contributed by atoms with Gasteiger partial charge in [0.2, 0.25) is 0 Å². The number of anilines is 1. The molecule has 0 bridgehead atoms. The van der Waals surface area contributed by atoms with Crippen molar-refractivity contribution in [2.24, 2.45) is 5.10 Å². The monoisotopic (exact) mass is 652 g/mol. The molecule has 0 unspecified atom stereocenters. The van der Waals surface area contributed by atoms with Gasteiger partial charge >= 0.3 is 6.18 Å². The third kappa shape index (κ3) is 8.94. The Morgan fingerprint density at radius 1 is 1.07 bits per heavy atom. The lowest BCUT2D eigenvalue weighted by Gasteiger charge is -2.25. The van der Waals surface area contributed by atoms with Crippen molar-refractivity contribution >= 4 is 45.3 Å². The van der Waals surface area contributed by atoms with Gasteiger partial charge in [-0.3, -0.25) is 13.9 Å². The van der Waals surface area contributed by atoms with E-state index in [1.54, 1.807) is 30.3 Å². The molecule has 44 heavy (non-hydrogen) atoms. The second-order valence-corrected chi connectivity index (χ2v) is 11.8. The number of amides is 2. The summed E-state index contributed by atoms with van der Waals surface area (Å²) in [5.74, 6) is -0.815. The van der Waals surface area contributed by atoms with E-state index in [0.29, 0.717) is 40.9 Å². The number of hydrazone groups is 1. The van der Waals surface area contributed by atoms with Crippen LogP contribution in [0.2, 0.25) is 5.02 Å². The number of rotatable bonds is 12. The highest BCUT2D eigenvalue weighted by atomic mass is 35.5. The summed E-state index contributed by atoms with van der Waals surface area (Å²) in [4.78, 5) is 24.5. The van der Waals surface area contributed by atoms with Crippen LogP contribution < -0.4 is 19.8 Å². The summed E-state index contributed by atoms with van der Waals surface area (Å²) in [6, 6.07) is 15.5. The Balaban J connectivity index is 1.39. The molecule has 15 heteroatoms. The SMILES string of the molecule is O=C(COc1ccc(/C=N\NC(=O)CN(c2cc(C(F)(F)F)ccc2Cl)S(=O)(=O)c2ccccc2)cc1)NC[C@H]1CCCO1. The third-order valence-corrected chi connectivity index (χ3v) is 8.46. The molecule has 2 amide bonds. The minimum Gasteiger partial charge on any atom is -0.484 e. The van der Waals surface area contributed by atoms with E-state index in [2.05, 4.69) is 15.8 Å². The smallest absolute Gasteiger partial charge is 0.416 e. The largest absolute Gasteiger partial charge is 0.484 e. The van der Waals surface area contributed by atoms with Gasteiger partial charge in [-0.05, 0) is 73.0 Å². The van der Waals surface area contributed by atoms with E-state index in [1.807, 2.05) is 0 Å². The number of benzene rings is 3. The van der Waals surface area contributed by atoms with Gasteiger partial charge in [0.1, 0.15) is 12.3 Å². The number of sulfonamides is 1. The van der Waals surface area contributed by atoms with Crippen LogP contribution in [0.4, 0.5) is 18.9 Å². The van der Waals surface area contributed by atoms with Crippen molar-refractivity contribution in [1.82, 2.24) is 10.7 Å². The van der Waals surface area contributed by atoms with Crippen molar-refractivity contribution in [3.8, 4) is 5.75 Å². The molecule has 0 aromatic heterocycles. The molecular weight excluding hydrogens is 625 g/mol. The number of hydrogen-bond donors (Lipinski definition) is 2. The topological polar surface area (TPSA) is 126 Å². The molecular formula is C29H28ClF3N4O6S. The standard InChI is InChI=1S/C29H28ClF3N4O6S/c30-25-13-10-21(29(31,32)33)15-26(25)37(44(40,41)24-6-2-1-3-7-24)18-27(38)36-35-16-20-8-11-22(12-9-20)43-19-28(39)34-17-23-5-4-14-42-23/h1-3,6-13,15-16,23H,4-5,14,17-19H2,(H,34,39)(H,36,38)/b35-16-/t23-/m1/s1. The van der Waals surface area contributed by atoms with E-state index in [9.17, 15) is 31.2 Å². The molecule has 1 saturated heterocycles. The Morgan fingerprint density at radius 3 is 2.45 bits per heavy atom. The van der Waals surface area contributed by atoms with Gasteiger partial charge < -0.3 is 14.8 Å². The van der Waals surface area contributed by atoms with Crippen LogP contribution in [0.15, 0.2) is 82.8 Å². The van der Waals surface area contributed by atoms with Crippen LogP contribution in [0.1, 0.15) is 24.0 Å². The summed E-state index contributed by atoms with van der Waals surface area (Å²) in [5, 5.41) is 6.25. The van der Waals surface area contributed by atoms with Gasteiger partial charge in [0.05, 0.1) is 33.5 Å².